The fourth-order valence-electron chi connectivity index (χ4n) is 2.36. The van der Waals surface area contributed by atoms with E-state index in [9.17, 15) is 9.59 Å². The minimum atomic E-state index is -0.382. The molecule has 0 bridgehead atoms. The van der Waals surface area contributed by atoms with Crippen LogP contribution in [-0.2, 0) is 9.59 Å². The molecule has 0 unspecified atom stereocenters. The van der Waals surface area contributed by atoms with Gasteiger partial charge in [0.2, 0.25) is 0 Å². The van der Waals surface area contributed by atoms with Gasteiger partial charge in [-0.2, -0.15) is 0 Å². The Morgan fingerprint density at radius 1 is 1.38 bits per heavy atom. The second-order valence-electron chi connectivity index (χ2n) is 4.38. The predicted molar refractivity (Wildman–Crippen MR) is 60.0 cm³/mol. The third-order valence-corrected chi connectivity index (χ3v) is 3.32. The van der Waals surface area contributed by atoms with Gasteiger partial charge in [-0.25, -0.2) is 0 Å². The van der Waals surface area contributed by atoms with E-state index in [0.717, 1.165) is 6.42 Å². The van der Waals surface area contributed by atoms with Crippen LogP contribution >= 0.6 is 0 Å². The van der Waals surface area contributed by atoms with Crippen molar-refractivity contribution in [1.29, 1.82) is 0 Å². The van der Waals surface area contributed by atoms with Crippen LogP contribution in [0.25, 0.3) is 0 Å². The molecule has 0 amide bonds. The molecule has 0 spiro atoms. The average molecular weight is 217 g/mol. The minimum absolute atomic E-state index is 0.00348. The van der Waals surface area contributed by atoms with Crippen molar-refractivity contribution >= 4 is 11.6 Å². The number of hydrogen-bond acceptors (Lipinski definition) is 3. The molecule has 3 nitrogen and oxygen atoms in total. The van der Waals surface area contributed by atoms with Crippen LogP contribution in [0.4, 0.5) is 0 Å². The van der Waals surface area contributed by atoms with Crippen molar-refractivity contribution in [3.8, 4) is 0 Å². The molecule has 2 rings (SSSR count). The molecule has 1 aromatic rings. The molecule has 1 aliphatic carbocycles. The minimum Gasteiger partial charge on any atom is -0.299 e. The number of carbonyl (C=O) groups excluding carboxylic acids is 2. The van der Waals surface area contributed by atoms with Gasteiger partial charge in [-0.15, -0.1) is 0 Å². The molecule has 0 radical (unpaired) electrons. The van der Waals surface area contributed by atoms with Crippen LogP contribution in [0.2, 0.25) is 0 Å². The van der Waals surface area contributed by atoms with Crippen molar-refractivity contribution in [2.45, 2.75) is 32.1 Å². The first-order chi connectivity index (χ1) is 7.68. The van der Waals surface area contributed by atoms with Crippen LogP contribution in [0.15, 0.2) is 24.5 Å². The Labute approximate surface area is 94.9 Å². The van der Waals surface area contributed by atoms with Crippen molar-refractivity contribution in [2.75, 3.05) is 0 Å². The Morgan fingerprint density at radius 2 is 2.06 bits per heavy atom. The lowest BCUT2D eigenvalue weighted by Gasteiger charge is -2.26. The summed E-state index contributed by atoms with van der Waals surface area (Å²) in [5.74, 6) is 0.0584. The van der Waals surface area contributed by atoms with Crippen molar-refractivity contribution < 1.29 is 9.59 Å². The molecule has 0 N–H and O–H groups in total. The summed E-state index contributed by atoms with van der Waals surface area (Å²) in [6.07, 6.45) is 5.56. The first-order valence-corrected chi connectivity index (χ1v) is 5.61. The lowest BCUT2D eigenvalue weighted by Crippen LogP contribution is -2.29. The van der Waals surface area contributed by atoms with E-state index in [1.165, 1.54) is 12.5 Å². The summed E-state index contributed by atoms with van der Waals surface area (Å²) in [5.41, 5.74) is 1.19. The van der Waals surface area contributed by atoms with E-state index < -0.39 is 0 Å². The maximum atomic E-state index is 11.6. The Kier molecular flexibility index (Phi) is 3.13. The van der Waals surface area contributed by atoms with Crippen molar-refractivity contribution in [2.24, 2.45) is 5.92 Å². The number of aromatic nitrogens is 1. The number of hydrogen-bond donors (Lipinski definition) is 0. The van der Waals surface area contributed by atoms with Gasteiger partial charge in [0, 0.05) is 18.8 Å². The Hall–Kier alpha value is -1.51. The van der Waals surface area contributed by atoms with Gasteiger partial charge >= 0.3 is 0 Å². The van der Waals surface area contributed by atoms with Gasteiger partial charge < -0.3 is 0 Å². The van der Waals surface area contributed by atoms with Crippen LogP contribution in [-0.4, -0.2) is 16.6 Å². The molecule has 84 valence electrons. The quantitative estimate of drug-likeness (QED) is 0.713. The third kappa shape index (κ3) is 2.18. The molecular formula is C13H15NO2. The number of ketones is 2. The van der Waals surface area contributed by atoms with Crippen LogP contribution < -0.4 is 0 Å². The van der Waals surface area contributed by atoms with Crippen LogP contribution in [0.3, 0.4) is 0 Å². The number of nitrogens with zero attached hydrogens (tertiary/aromatic N) is 1. The van der Waals surface area contributed by atoms with Gasteiger partial charge in [0.25, 0.3) is 0 Å². The average Bonchev–Trinajstić information content (AvgIpc) is 2.30. The van der Waals surface area contributed by atoms with E-state index in [2.05, 4.69) is 4.98 Å². The van der Waals surface area contributed by atoms with E-state index in [1.54, 1.807) is 12.4 Å². The van der Waals surface area contributed by atoms with E-state index in [4.69, 9.17) is 0 Å². The van der Waals surface area contributed by atoms with Gasteiger partial charge in [0.1, 0.15) is 11.6 Å². The van der Waals surface area contributed by atoms with Gasteiger partial charge in [0.15, 0.2) is 0 Å². The summed E-state index contributed by atoms with van der Waals surface area (Å²) in [7, 11) is 0. The highest BCUT2D eigenvalue weighted by Gasteiger charge is 2.32. The van der Waals surface area contributed by atoms with Crippen molar-refractivity contribution in [1.82, 2.24) is 4.98 Å². The number of rotatable bonds is 2. The molecule has 0 saturated heterocycles. The molecule has 1 aromatic heterocycles. The maximum absolute atomic E-state index is 11.6. The Balaban J connectivity index is 2.15. The van der Waals surface area contributed by atoms with Crippen LogP contribution in [0.5, 0.6) is 0 Å². The smallest absolute Gasteiger partial charge is 0.143 e. The Morgan fingerprint density at radius 3 is 2.69 bits per heavy atom. The maximum Gasteiger partial charge on any atom is 0.143 e. The van der Waals surface area contributed by atoms with Gasteiger partial charge in [0.05, 0.1) is 5.92 Å². The second-order valence-corrected chi connectivity index (χ2v) is 4.38. The monoisotopic (exact) mass is 217 g/mol. The first-order valence-electron chi connectivity index (χ1n) is 5.61. The largest absolute Gasteiger partial charge is 0.299 e. The molecule has 1 heterocycles. The summed E-state index contributed by atoms with van der Waals surface area (Å²) in [6.45, 7) is 1.51. The van der Waals surface area contributed by atoms with Gasteiger partial charge in [-0.05, 0) is 43.4 Å². The summed E-state index contributed by atoms with van der Waals surface area (Å²) >= 11 is 0. The molecule has 1 fully saturated rings. The summed E-state index contributed by atoms with van der Waals surface area (Å²) < 4.78 is 0. The zero-order valence-corrected chi connectivity index (χ0v) is 9.35. The molecule has 1 aliphatic rings. The lowest BCUT2D eigenvalue weighted by atomic mass is 9.76. The molecule has 0 aliphatic heterocycles. The molecule has 3 heteroatoms. The summed E-state index contributed by atoms with van der Waals surface area (Å²) in [6, 6.07) is 3.94. The molecule has 0 aromatic carbocycles. The zero-order chi connectivity index (χ0) is 11.5. The number of carbonyl (C=O) groups is 2. The van der Waals surface area contributed by atoms with E-state index in [-0.39, 0.29) is 17.5 Å². The number of pyridine rings is 1. The molecule has 2 atom stereocenters. The normalized spacial score (nSPS) is 25.4. The van der Waals surface area contributed by atoms with E-state index >= 15 is 0 Å². The zero-order valence-electron chi connectivity index (χ0n) is 9.35. The van der Waals surface area contributed by atoms with Crippen LogP contribution in [0.1, 0.15) is 37.7 Å². The topological polar surface area (TPSA) is 47.0 Å². The second kappa shape index (κ2) is 4.56. The van der Waals surface area contributed by atoms with Crippen LogP contribution in [0, 0.1) is 5.92 Å². The highest BCUT2D eigenvalue weighted by Crippen LogP contribution is 2.34. The highest BCUT2D eigenvalue weighted by molar-refractivity contribution is 6.01. The standard InChI is InChI=1S/C13H15NO2/c1-9(15)12-8-11(2-3-13(12)16)10-4-6-14-7-5-10/h4-7,11-12H,2-3,8H2,1H3/t11-,12+/m0/s1. The fraction of sp³-hybridized carbons (Fsp3) is 0.462. The SMILES string of the molecule is CC(=O)[C@H]1C[C@@H](c2ccncc2)CCC1=O. The highest BCUT2D eigenvalue weighted by atomic mass is 16.1. The molecular weight excluding hydrogens is 202 g/mol. The summed E-state index contributed by atoms with van der Waals surface area (Å²) in [4.78, 5) is 26.9. The van der Waals surface area contributed by atoms with E-state index in [1.807, 2.05) is 12.1 Å². The van der Waals surface area contributed by atoms with Gasteiger partial charge in [-0.3, -0.25) is 14.6 Å². The third-order valence-electron chi connectivity index (χ3n) is 3.32. The summed E-state index contributed by atoms with van der Waals surface area (Å²) in [5, 5.41) is 0. The van der Waals surface area contributed by atoms with Gasteiger partial charge in [-0.1, -0.05) is 0 Å². The van der Waals surface area contributed by atoms with E-state index in [0.29, 0.717) is 18.8 Å². The first kappa shape index (κ1) is 11.0. The predicted octanol–water partition coefficient (Wildman–Crippen LogP) is 2.12. The lowest BCUT2D eigenvalue weighted by molar-refractivity contribution is -0.133. The number of Topliss-reactive ketones (excluding diaryl/α,β-unsaturated/α-hetero) is 2. The van der Waals surface area contributed by atoms with Crippen molar-refractivity contribution in [3.05, 3.63) is 30.1 Å². The molecule has 16 heavy (non-hydrogen) atoms. The van der Waals surface area contributed by atoms with Crippen molar-refractivity contribution in [3.63, 3.8) is 0 Å². The fourth-order valence-corrected chi connectivity index (χ4v) is 2.36. The molecule has 1 saturated carbocycles. The Bertz CT molecular complexity index is 400.